The van der Waals surface area contributed by atoms with E-state index in [9.17, 15) is 8.78 Å². The van der Waals surface area contributed by atoms with Crippen LogP contribution in [0.5, 0.6) is 11.5 Å². The molecule has 0 N–H and O–H groups in total. The third-order valence-corrected chi connectivity index (χ3v) is 3.66. The van der Waals surface area contributed by atoms with Crippen LogP contribution in [-0.2, 0) is 0 Å². The normalized spacial score (nSPS) is 10.7. The molecule has 5 nitrogen and oxygen atoms in total. The van der Waals surface area contributed by atoms with Crippen molar-refractivity contribution < 1.29 is 18.3 Å². The van der Waals surface area contributed by atoms with Gasteiger partial charge in [-0.2, -0.15) is 0 Å². The number of ether oxygens (including phenoxy) is 2. The molecule has 0 aliphatic heterocycles. The molecule has 0 fully saturated rings. The number of para-hydroxylation sites is 2. The van der Waals surface area contributed by atoms with Crippen molar-refractivity contribution in [2.24, 2.45) is 0 Å². The monoisotopic (exact) mass is 331 g/mol. The minimum atomic E-state index is -0.742. The highest BCUT2D eigenvalue weighted by Gasteiger charge is 2.23. The van der Waals surface area contributed by atoms with E-state index in [1.54, 1.807) is 13.1 Å². The fraction of sp³-hybridized carbons (Fsp3) is 0.176. The number of hydrogen-bond acceptors (Lipinski definition) is 5. The first-order valence-electron chi connectivity index (χ1n) is 7.12. The molecule has 0 saturated carbocycles. The highest BCUT2D eigenvalue weighted by molar-refractivity contribution is 5.76. The van der Waals surface area contributed by atoms with Gasteiger partial charge in [0.1, 0.15) is 0 Å². The van der Waals surface area contributed by atoms with Gasteiger partial charge >= 0.3 is 0 Å². The molecule has 0 unspecified atom stereocenters. The number of benzene rings is 2. The molecule has 24 heavy (non-hydrogen) atoms. The molecule has 2 aromatic carbocycles. The van der Waals surface area contributed by atoms with Gasteiger partial charge in [0.05, 0.1) is 37.1 Å². The Hall–Kier alpha value is -2.96. The van der Waals surface area contributed by atoms with E-state index < -0.39 is 11.6 Å². The van der Waals surface area contributed by atoms with E-state index in [4.69, 9.17) is 9.47 Å². The summed E-state index contributed by atoms with van der Waals surface area (Å²) in [7, 11) is 4.07. The van der Waals surface area contributed by atoms with E-state index in [-0.39, 0.29) is 17.2 Å². The topological polar surface area (TPSA) is 47.5 Å². The Bertz CT molecular complexity index is 902. The SMILES string of the molecule is COc1c(F)cc(N(C)c2cnc3ccccc3n2)c(F)c1OC. The highest BCUT2D eigenvalue weighted by Crippen LogP contribution is 2.39. The molecular weight excluding hydrogens is 316 g/mol. The molecule has 3 rings (SSSR count). The second-order valence-corrected chi connectivity index (χ2v) is 5.03. The van der Waals surface area contributed by atoms with Gasteiger partial charge in [-0.15, -0.1) is 0 Å². The molecule has 0 radical (unpaired) electrons. The molecule has 1 aromatic heterocycles. The first-order chi connectivity index (χ1) is 11.6. The van der Waals surface area contributed by atoms with Crippen LogP contribution in [0.2, 0.25) is 0 Å². The van der Waals surface area contributed by atoms with Gasteiger partial charge in [-0.3, -0.25) is 4.98 Å². The third kappa shape index (κ3) is 2.58. The highest BCUT2D eigenvalue weighted by atomic mass is 19.1. The maximum absolute atomic E-state index is 14.7. The molecule has 0 aliphatic carbocycles. The standard InChI is InChI=1S/C17H15F2N3O2/c1-22(14-9-20-11-6-4-5-7-12(11)21-14)13-8-10(18)16(23-2)17(24-3)15(13)19/h4-9H,1-3H3. The largest absolute Gasteiger partial charge is 0.490 e. The maximum Gasteiger partial charge on any atom is 0.202 e. The van der Waals surface area contributed by atoms with Gasteiger partial charge in [-0.1, -0.05) is 12.1 Å². The molecule has 0 atom stereocenters. The second kappa shape index (κ2) is 6.27. The quantitative estimate of drug-likeness (QED) is 0.730. The average molecular weight is 331 g/mol. The Morgan fingerprint density at radius 3 is 2.33 bits per heavy atom. The number of halogens is 2. The van der Waals surface area contributed by atoms with Crippen molar-refractivity contribution in [1.29, 1.82) is 0 Å². The minimum Gasteiger partial charge on any atom is -0.490 e. The minimum absolute atomic E-state index is 0.0327. The molecular formula is C17H15F2N3O2. The number of anilines is 2. The molecule has 7 heteroatoms. The Balaban J connectivity index is 2.11. The van der Waals surface area contributed by atoms with Crippen molar-refractivity contribution in [3.05, 3.63) is 48.2 Å². The van der Waals surface area contributed by atoms with Gasteiger partial charge in [0.15, 0.2) is 23.2 Å². The predicted octanol–water partition coefficient (Wildman–Crippen LogP) is 3.69. The van der Waals surface area contributed by atoms with Crippen LogP contribution < -0.4 is 14.4 Å². The third-order valence-electron chi connectivity index (χ3n) is 3.66. The lowest BCUT2D eigenvalue weighted by molar-refractivity contribution is 0.322. The summed E-state index contributed by atoms with van der Waals surface area (Å²) in [5.41, 5.74) is 1.34. The summed E-state index contributed by atoms with van der Waals surface area (Å²) in [4.78, 5) is 10.1. The van der Waals surface area contributed by atoms with E-state index >= 15 is 0 Å². The van der Waals surface area contributed by atoms with Crippen LogP contribution in [0.25, 0.3) is 11.0 Å². The maximum atomic E-state index is 14.7. The Morgan fingerprint density at radius 1 is 1.00 bits per heavy atom. The fourth-order valence-electron chi connectivity index (χ4n) is 2.42. The zero-order valence-corrected chi connectivity index (χ0v) is 13.4. The zero-order valence-electron chi connectivity index (χ0n) is 13.4. The number of aromatic nitrogens is 2. The van der Waals surface area contributed by atoms with Crippen molar-refractivity contribution in [1.82, 2.24) is 9.97 Å². The summed E-state index contributed by atoms with van der Waals surface area (Å²) in [6, 6.07) is 8.34. The first-order valence-corrected chi connectivity index (χ1v) is 7.12. The molecule has 0 bridgehead atoms. The number of nitrogens with zero attached hydrogens (tertiary/aromatic N) is 3. The van der Waals surface area contributed by atoms with E-state index in [0.29, 0.717) is 16.9 Å². The van der Waals surface area contributed by atoms with Crippen molar-refractivity contribution in [3.63, 3.8) is 0 Å². The van der Waals surface area contributed by atoms with Gasteiger partial charge in [-0.05, 0) is 12.1 Å². The van der Waals surface area contributed by atoms with Gasteiger partial charge in [-0.25, -0.2) is 13.8 Å². The van der Waals surface area contributed by atoms with E-state index in [0.717, 1.165) is 6.07 Å². The molecule has 0 saturated heterocycles. The number of rotatable bonds is 4. The Labute approximate surface area is 137 Å². The van der Waals surface area contributed by atoms with Gasteiger partial charge in [0.25, 0.3) is 0 Å². The van der Waals surface area contributed by atoms with Gasteiger partial charge < -0.3 is 14.4 Å². The van der Waals surface area contributed by atoms with Gasteiger partial charge in [0.2, 0.25) is 5.75 Å². The van der Waals surface area contributed by atoms with Crippen molar-refractivity contribution >= 4 is 22.5 Å². The smallest absolute Gasteiger partial charge is 0.202 e. The van der Waals surface area contributed by atoms with Crippen LogP contribution in [0.3, 0.4) is 0 Å². The van der Waals surface area contributed by atoms with Gasteiger partial charge in [0, 0.05) is 13.1 Å². The molecule has 1 heterocycles. The zero-order chi connectivity index (χ0) is 17.3. The fourth-order valence-corrected chi connectivity index (χ4v) is 2.42. The summed E-state index contributed by atoms with van der Waals surface area (Å²) in [5.74, 6) is -1.68. The summed E-state index contributed by atoms with van der Waals surface area (Å²) >= 11 is 0. The van der Waals surface area contributed by atoms with E-state index in [1.165, 1.54) is 25.3 Å². The van der Waals surface area contributed by atoms with Crippen molar-refractivity contribution in [2.75, 3.05) is 26.2 Å². The first kappa shape index (κ1) is 15.9. The Morgan fingerprint density at radius 2 is 1.67 bits per heavy atom. The summed E-state index contributed by atoms with van der Waals surface area (Å²) in [5, 5.41) is 0. The second-order valence-electron chi connectivity index (χ2n) is 5.03. The van der Waals surface area contributed by atoms with E-state index in [1.807, 2.05) is 18.2 Å². The van der Waals surface area contributed by atoms with Crippen LogP contribution >= 0.6 is 0 Å². The summed E-state index contributed by atoms with van der Waals surface area (Å²) in [6.07, 6.45) is 1.50. The molecule has 0 aliphatic rings. The van der Waals surface area contributed by atoms with Crippen molar-refractivity contribution in [3.8, 4) is 11.5 Å². The average Bonchev–Trinajstić information content (AvgIpc) is 2.61. The van der Waals surface area contributed by atoms with Crippen LogP contribution in [0, 0.1) is 11.6 Å². The van der Waals surface area contributed by atoms with Crippen LogP contribution in [-0.4, -0.2) is 31.2 Å². The molecule has 0 spiro atoms. The van der Waals surface area contributed by atoms with Crippen molar-refractivity contribution in [2.45, 2.75) is 0 Å². The number of methoxy groups -OCH3 is 2. The van der Waals surface area contributed by atoms with Crippen LogP contribution in [0.1, 0.15) is 0 Å². The molecule has 0 amide bonds. The lowest BCUT2D eigenvalue weighted by Crippen LogP contribution is -2.14. The summed E-state index contributed by atoms with van der Waals surface area (Å²) < 4.78 is 38.7. The Kier molecular flexibility index (Phi) is 4.16. The lowest BCUT2D eigenvalue weighted by atomic mass is 10.2. The predicted molar refractivity (Wildman–Crippen MR) is 87.1 cm³/mol. The van der Waals surface area contributed by atoms with Crippen LogP contribution in [0.15, 0.2) is 36.5 Å². The van der Waals surface area contributed by atoms with E-state index in [2.05, 4.69) is 9.97 Å². The summed E-state index contributed by atoms with van der Waals surface area (Å²) in [6.45, 7) is 0. The number of fused-ring (bicyclic) bond motifs is 1. The number of hydrogen-bond donors (Lipinski definition) is 0. The van der Waals surface area contributed by atoms with Crippen LogP contribution in [0.4, 0.5) is 20.3 Å². The molecule has 3 aromatic rings. The lowest BCUT2D eigenvalue weighted by Gasteiger charge is -2.21. The molecule has 124 valence electrons.